The second kappa shape index (κ2) is 5.83. The fourth-order valence-electron chi connectivity index (χ4n) is 2.35. The highest BCUT2D eigenvalue weighted by atomic mass is 79.9. The number of piperidine rings is 1. The average Bonchev–Trinajstić information content (AvgIpc) is 2.38. The van der Waals surface area contributed by atoms with Crippen molar-refractivity contribution in [1.29, 1.82) is 0 Å². The number of aliphatic hydroxyl groups is 1. The normalized spacial score (nSPS) is 18.4. The monoisotopic (exact) mass is 329 g/mol. The maximum atomic E-state index is 10.7. The standard InChI is InChI=1S/C12H16BrN3O3/c1-8(17)9-2-4-15(5-3-9)12-11(13)6-10(7-14-12)16(18)19/h6-9,17H,2-5H2,1H3. The molecular formula is C12H16BrN3O3. The van der Waals surface area contributed by atoms with Gasteiger partial charge in [0.1, 0.15) is 12.0 Å². The molecule has 0 bridgehead atoms. The van der Waals surface area contributed by atoms with Crippen LogP contribution in [0.15, 0.2) is 16.7 Å². The van der Waals surface area contributed by atoms with Crippen LogP contribution >= 0.6 is 15.9 Å². The second-order valence-corrected chi connectivity index (χ2v) is 5.68. The zero-order valence-corrected chi connectivity index (χ0v) is 12.2. The van der Waals surface area contributed by atoms with Gasteiger partial charge in [0.25, 0.3) is 5.69 Å². The number of aliphatic hydroxyl groups excluding tert-OH is 1. The predicted molar refractivity (Wildman–Crippen MR) is 75.2 cm³/mol. The van der Waals surface area contributed by atoms with Gasteiger partial charge in [0.2, 0.25) is 0 Å². The number of halogens is 1. The minimum Gasteiger partial charge on any atom is -0.393 e. The molecule has 1 aliphatic rings. The molecule has 104 valence electrons. The van der Waals surface area contributed by atoms with Crippen molar-refractivity contribution in [2.24, 2.45) is 5.92 Å². The molecule has 0 aliphatic carbocycles. The summed E-state index contributed by atoms with van der Waals surface area (Å²) in [5.74, 6) is 1.06. The van der Waals surface area contributed by atoms with E-state index in [-0.39, 0.29) is 11.8 Å². The Morgan fingerprint density at radius 3 is 2.68 bits per heavy atom. The highest BCUT2D eigenvalue weighted by Crippen LogP contribution is 2.31. The van der Waals surface area contributed by atoms with E-state index in [2.05, 4.69) is 25.8 Å². The molecule has 1 saturated heterocycles. The Bertz CT molecular complexity index is 473. The molecule has 2 rings (SSSR count). The average molecular weight is 330 g/mol. The molecule has 6 nitrogen and oxygen atoms in total. The smallest absolute Gasteiger partial charge is 0.288 e. The van der Waals surface area contributed by atoms with Gasteiger partial charge in [0.05, 0.1) is 15.5 Å². The van der Waals surface area contributed by atoms with Gasteiger partial charge in [-0.05, 0) is 41.6 Å². The number of rotatable bonds is 3. The molecule has 0 radical (unpaired) electrons. The minimum atomic E-state index is -0.457. The van der Waals surface area contributed by atoms with Crippen molar-refractivity contribution in [1.82, 2.24) is 4.98 Å². The quantitative estimate of drug-likeness (QED) is 0.680. The molecule has 1 unspecified atom stereocenters. The fourth-order valence-corrected chi connectivity index (χ4v) is 2.93. The molecule has 1 aromatic heterocycles. The maximum absolute atomic E-state index is 10.7. The maximum Gasteiger partial charge on any atom is 0.288 e. The van der Waals surface area contributed by atoms with Gasteiger partial charge in [-0.3, -0.25) is 10.1 Å². The summed E-state index contributed by atoms with van der Waals surface area (Å²) in [4.78, 5) is 16.5. The number of aromatic nitrogens is 1. The van der Waals surface area contributed by atoms with Crippen molar-refractivity contribution < 1.29 is 10.0 Å². The molecule has 1 fully saturated rings. The van der Waals surface area contributed by atoms with Gasteiger partial charge >= 0.3 is 0 Å². The lowest BCUT2D eigenvalue weighted by atomic mass is 9.92. The highest BCUT2D eigenvalue weighted by molar-refractivity contribution is 9.10. The fraction of sp³-hybridized carbons (Fsp3) is 0.583. The largest absolute Gasteiger partial charge is 0.393 e. The number of hydrogen-bond donors (Lipinski definition) is 1. The SMILES string of the molecule is CC(O)C1CCN(c2ncc([N+](=O)[O-])cc2Br)CC1. The summed E-state index contributed by atoms with van der Waals surface area (Å²) in [6.07, 6.45) is 2.81. The first kappa shape index (κ1) is 14.2. The van der Waals surface area contributed by atoms with Crippen molar-refractivity contribution >= 4 is 27.4 Å². The molecule has 0 spiro atoms. The van der Waals surface area contributed by atoms with Gasteiger partial charge in [-0.1, -0.05) is 0 Å². The van der Waals surface area contributed by atoms with Crippen LogP contribution in [0.3, 0.4) is 0 Å². The van der Waals surface area contributed by atoms with E-state index in [9.17, 15) is 15.2 Å². The lowest BCUT2D eigenvalue weighted by Crippen LogP contribution is -2.37. The molecule has 1 N–H and O–H groups in total. The molecule has 1 atom stereocenters. The minimum absolute atomic E-state index is 0.0190. The molecular weight excluding hydrogens is 314 g/mol. The first-order valence-electron chi connectivity index (χ1n) is 6.22. The third kappa shape index (κ3) is 3.22. The predicted octanol–water partition coefficient (Wildman–Crippen LogP) is 2.35. The Morgan fingerprint density at radius 1 is 1.58 bits per heavy atom. The molecule has 1 aromatic rings. The van der Waals surface area contributed by atoms with Gasteiger partial charge in [0.15, 0.2) is 0 Å². The van der Waals surface area contributed by atoms with Crippen molar-refractivity contribution in [3.63, 3.8) is 0 Å². The van der Waals surface area contributed by atoms with E-state index in [1.54, 1.807) is 0 Å². The summed E-state index contributed by atoms with van der Waals surface area (Å²) >= 11 is 3.34. The van der Waals surface area contributed by atoms with E-state index in [0.717, 1.165) is 31.7 Å². The first-order chi connectivity index (χ1) is 8.99. The Hall–Kier alpha value is -1.21. The van der Waals surface area contributed by atoms with Gasteiger partial charge in [-0.25, -0.2) is 4.98 Å². The van der Waals surface area contributed by atoms with Crippen LogP contribution in [0.5, 0.6) is 0 Å². The van der Waals surface area contributed by atoms with Crippen LogP contribution in [0.2, 0.25) is 0 Å². The Morgan fingerprint density at radius 2 is 2.21 bits per heavy atom. The lowest BCUT2D eigenvalue weighted by Gasteiger charge is -2.34. The second-order valence-electron chi connectivity index (χ2n) is 4.82. The number of pyridine rings is 1. The molecule has 0 amide bonds. The van der Waals surface area contributed by atoms with Gasteiger partial charge in [0, 0.05) is 19.2 Å². The van der Waals surface area contributed by atoms with Crippen LogP contribution < -0.4 is 4.90 Å². The van der Waals surface area contributed by atoms with Crippen LogP contribution in [-0.2, 0) is 0 Å². The summed E-state index contributed by atoms with van der Waals surface area (Å²) in [7, 11) is 0. The molecule has 1 aliphatic heterocycles. The van der Waals surface area contributed by atoms with E-state index in [4.69, 9.17) is 0 Å². The summed E-state index contributed by atoms with van der Waals surface area (Å²) in [6.45, 7) is 3.43. The number of hydrogen-bond acceptors (Lipinski definition) is 5. The summed E-state index contributed by atoms with van der Waals surface area (Å²) in [5, 5.41) is 20.2. The van der Waals surface area contributed by atoms with Crippen molar-refractivity contribution in [3.05, 3.63) is 26.9 Å². The Kier molecular flexibility index (Phi) is 4.36. The van der Waals surface area contributed by atoms with E-state index in [1.807, 2.05) is 6.92 Å². The van der Waals surface area contributed by atoms with Crippen molar-refractivity contribution in [2.75, 3.05) is 18.0 Å². The van der Waals surface area contributed by atoms with E-state index in [1.165, 1.54) is 12.3 Å². The summed E-state index contributed by atoms with van der Waals surface area (Å²) in [5.41, 5.74) is -0.0190. The van der Waals surface area contributed by atoms with Crippen molar-refractivity contribution in [3.8, 4) is 0 Å². The molecule has 7 heteroatoms. The van der Waals surface area contributed by atoms with Gasteiger partial charge in [-0.2, -0.15) is 0 Å². The molecule has 0 aromatic carbocycles. The lowest BCUT2D eigenvalue weighted by molar-refractivity contribution is -0.385. The zero-order valence-electron chi connectivity index (χ0n) is 10.6. The van der Waals surface area contributed by atoms with Crippen LogP contribution in [0.4, 0.5) is 11.5 Å². The van der Waals surface area contributed by atoms with Crippen LogP contribution in [0, 0.1) is 16.0 Å². The molecule has 2 heterocycles. The number of nitrogens with zero attached hydrogens (tertiary/aromatic N) is 3. The van der Waals surface area contributed by atoms with Crippen molar-refractivity contribution in [2.45, 2.75) is 25.9 Å². The van der Waals surface area contributed by atoms with Crippen LogP contribution in [-0.4, -0.2) is 34.2 Å². The highest BCUT2D eigenvalue weighted by Gasteiger charge is 2.25. The van der Waals surface area contributed by atoms with E-state index < -0.39 is 4.92 Å². The summed E-state index contributed by atoms with van der Waals surface area (Å²) in [6, 6.07) is 1.48. The molecule has 0 saturated carbocycles. The van der Waals surface area contributed by atoms with Gasteiger partial charge < -0.3 is 10.0 Å². The number of anilines is 1. The van der Waals surface area contributed by atoms with E-state index in [0.29, 0.717) is 10.4 Å². The first-order valence-corrected chi connectivity index (χ1v) is 7.01. The van der Waals surface area contributed by atoms with Gasteiger partial charge in [-0.15, -0.1) is 0 Å². The summed E-state index contributed by atoms with van der Waals surface area (Å²) < 4.78 is 0.636. The zero-order chi connectivity index (χ0) is 14.0. The molecule has 19 heavy (non-hydrogen) atoms. The van der Waals surface area contributed by atoms with Crippen LogP contribution in [0.25, 0.3) is 0 Å². The third-order valence-corrected chi connectivity index (χ3v) is 4.12. The van der Waals surface area contributed by atoms with E-state index >= 15 is 0 Å². The van der Waals surface area contributed by atoms with Crippen LogP contribution in [0.1, 0.15) is 19.8 Å². The number of nitro groups is 1. The topological polar surface area (TPSA) is 79.5 Å². The third-order valence-electron chi connectivity index (χ3n) is 3.54. The Labute approximate surface area is 119 Å². The Balaban J connectivity index is 2.09.